The van der Waals surface area contributed by atoms with Crippen molar-refractivity contribution < 1.29 is 42.9 Å². The van der Waals surface area contributed by atoms with Crippen molar-refractivity contribution in [3.8, 4) is 0 Å². The van der Waals surface area contributed by atoms with Gasteiger partial charge in [0.25, 0.3) is 6.29 Å². The van der Waals surface area contributed by atoms with Gasteiger partial charge in [0, 0.05) is 12.8 Å². The molecule has 0 amide bonds. The third-order valence-electron chi connectivity index (χ3n) is 13.0. The molecule has 0 heterocycles. The number of quaternary nitrogens is 1. The summed E-state index contributed by atoms with van der Waals surface area (Å²) in [7, 11) is 5.97. The summed E-state index contributed by atoms with van der Waals surface area (Å²) in [6, 6.07) is 0. The van der Waals surface area contributed by atoms with E-state index in [-0.39, 0.29) is 32.2 Å². The summed E-state index contributed by atoms with van der Waals surface area (Å²) in [4.78, 5) is 37.3. The Morgan fingerprint density at radius 1 is 0.433 bits per heavy atom. The van der Waals surface area contributed by atoms with E-state index in [4.69, 9.17) is 18.9 Å². The van der Waals surface area contributed by atoms with Crippen molar-refractivity contribution in [1.29, 1.82) is 0 Å². The minimum Gasteiger partial charge on any atom is -0.477 e. The van der Waals surface area contributed by atoms with Gasteiger partial charge in [-0.1, -0.05) is 244 Å². The van der Waals surface area contributed by atoms with E-state index in [9.17, 15) is 19.5 Å². The summed E-state index contributed by atoms with van der Waals surface area (Å²) >= 11 is 0. The zero-order valence-corrected chi connectivity index (χ0v) is 45.1. The van der Waals surface area contributed by atoms with Crippen LogP contribution in [0.4, 0.5) is 0 Å². The van der Waals surface area contributed by atoms with E-state index in [1.807, 2.05) is 21.1 Å². The van der Waals surface area contributed by atoms with Crippen LogP contribution >= 0.6 is 0 Å². The van der Waals surface area contributed by atoms with Gasteiger partial charge in [0.15, 0.2) is 6.10 Å². The Labute approximate surface area is 415 Å². The monoisotopic (exact) mass is 951 g/mol. The van der Waals surface area contributed by atoms with Crippen molar-refractivity contribution >= 4 is 17.9 Å². The molecular formula is C58H112NO8+. The second-order valence-corrected chi connectivity index (χ2v) is 21.0. The number of carboxylic acids is 1. The number of carbonyl (C=O) groups excluding carboxylic acids is 2. The number of ether oxygens (including phenoxy) is 4. The Kier molecular flexibility index (Phi) is 48.9. The van der Waals surface area contributed by atoms with Crippen molar-refractivity contribution in [3.63, 3.8) is 0 Å². The molecule has 0 bridgehead atoms. The lowest BCUT2D eigenvalue weighted by Crippen LogP contribution is -2.40. The normalized spacial score (nSPS) is 12.8. The Hall–Kier alpha value is -1.97. The van der Waals surface area contributed by atoms with E-state index in [0.29, 0.717) is 23.9 Å². The fourth-order valence-electron chi connectivity index (χ4n) is 8.54. The van der Waals surface area contributed by atoms with E-state index < -0.39 is 24.3 Å². The number of carboxylic acid groups (broad SMARTS) is 1. The number of esters is 2. The largest absolute Gasteiger partial charge is 0.477 e. The van der Waals surface area contributed by atoms with Crippen LogP contribution in [-0.2, 0) is 33.3 Å². The zero-order chi connectivity index (χ0) is 49.2. The molecule has 1 N–H and O–H groups in total. The topological polar surface area (TPSA) is 108 Å². The van der Waals surface area contributed by atoms with Crippen molar-refractivity contribution in [2.75, 3.05) is 47.5 Å². The summed E-state index contributed by atoms with van der Waals surface area (Å²) in [5.41, 5.74) is 0. The van der Waals surface area contributed by atoms with Crippen molar-refractivity contribution in [1.82, 2.24) is 0 Å². The van der Waals surface area contributed by atoms with Gasteiger partial charge in [-0.05, 0) is 38.5 Å². The molecule has 0 aromatic carbocycles. The van der Waals surface area contributed by atoms with E-state index in [1.54, 1.807) is 0 Å². The number of allylic oxidation sites excluding steroid dienone is 2. The van der Waals surface area contributed by atoms with Crippen LogP contribution in [0, 0.1) is 0 Å². The lowest BCUT2D eigenvalue weighted by atomic mass is 10.0. The number of aliphatic carboxylic acids is 1. The van der Waals surface area contributed by atoms with Crippen LogP contribution < -0.4 is 0 Å². The van der Waals surface area contributed by atoms with Crippen LogP contribution in [0.5, 0.6) is 0 Å². The Bertz CT molecular complexity index is 1110. The van der Waals surface area contributed by atoms with E-state index in [0.717, 1.165) is 51.4 Å². The Morgan fingerprint density at radius 3 is 1.12 bits per heavy atom. The maximum Gasteiger partial charge on any atom is 0.361 e. The zero-order valence-electron chi connectivity index (χ0n) is 45.1. The summed E-state index contributed by atoms with van der Waals surface area (Å²) in [6.07, 6.45) is 54.5. The average molecular weight is 952 g/mol. The number of unbranched alkanes of at least 4 members (excludes halogenated alkanes) is 37. The second-order valence-electron chi connectivity index (χ2n) is 21.0. The average Bonchev–Trinajstić information content (AvgIpc) is 3.29. The minimum absolute atomic E-state index is 0.179. The molecule has 2 unspecified atom stereocenters. The quantitative estimate of drug-likeness (QED) is 0.0211. The molecule has 0 fully saturated rings. The van der Waals surface area contributed by atoms with Crippen molar-refractivity contribution in [3.05, 3.63) is 12.2 Å². The maximum atomic E-state index is 12.8. The number of carbonyl (C=O) groups is 3. The lowest BCUT2D eigenvalue weighted by molar-refractivity contribution is -0.870. The van der Waals surface area contributed by atoms with Crippen molar-refractivity contribution in [2.24, 2.45) is 0 Å². The summed E-state index contributed by atoms with van der Waals surface area (Å²) in [5, 5.41) is 9.67. The first-order chi connectivity index (χ1) is 32.6. The SMILES string of the molecule is CCCCCC/C=C\CCCCCCCC(=O)OC(COC(=O)CCCCCCCCCCCCCCCCCCCCCCCCCCCCCCC)COC(OCC[N+](C)(C)C)C(=O)O. The molecule has 0 saturated heterocycles. The predicted molar refractivity (Wildman–Crippen MR) is 281 cm³/mol. The fourth-order valence-corrected chi connectivity index (χ4v) is 8.54. The van der Waals surface area contributed by atoms with Gasteiger partial charge in [-0.3, -0.25) is 9.59 Å². The van der Waals surface area contributed by atoms with E-state index >= 15 is 0 Å². The minimum atomic E-state index is -1.51. The molecule has 67 heavy (non-hydrogen) atoms. The van der Waals surface area contributed by atoms with Crippen molar-refractivity contribution in [2.45, 2.75) is 296 Å². The van der Waals surface area contributed by atoms with Crippen LogP contribution in [-0.4, -0.2) is 87.4 Å². The van der Waals surface area contributed by atoms with Gasteiger partial charge in [0.05, 0.1) is 34.4 Å². The lowest BCUT2D eigenvalue weighted by Gasteiger charge is -2.25. The molecule has 0 saturated carbocycles. The highest BCUT2D eigenvalue weighted by Gasteiger charge is 2.25. The molecule has 0 radical (unpaired) electrons. The molecule has 0 spiro atoms. The van der Waals surface area contributed by atoms with Crippen LogP contribution in [0.25, 0.3) is 0 Å². The van der Waals surface area contributed by atoms with Crippen LogP contribution in [0.1, 0.15) is 284 Å². The van der Waals surface area contributed by atoms with Crippen LogP contribution in [0.3, 0.4) is 0 Å². The van der Waals surface area contributed by atoms with Gasteiger partial charge < -0.3 is 28.5 Å². The molecule has 0 aromatic heterocycles. The molecule has 9 nitrogen and oxygen atoms in total. The van der Waals surface area contributed by atoms with E-state index in [2.05, 4.69) is 26.0 Å². The second kappa shape index (κ2) is 50.4. The molecule has 2 atom stereocenters. The third kappa shape index (κ3) is 51.7. The summed E-state index contributed by atoms with van der Waals surface area (Å²) < 4.78 is 22.8. The number of nitrogens with zero attached hydrogens (tertiary/aromatic N) is 1. The fraction of sp³-hybridized carbons (Fsp3) is 0.914. The maximum absolute atomic E-state index is 12.8. The number of rotatable bonds is 54. The highest BCUT2D eigenvalue weighted by atomic mass is 16.7. The first kappa shape index (κ1) is 65.0. The molecular weight excluding hydrogens is 839 g/mol. The smallest absolute Gasteiger partial charge is 0.361 e. The number of likely N-dealkylation sites (N-methyl/N-ethyl adjacent to an activating group) is 1. The van der Waals surface area contributed by atoms with Gasteiger partial charge >= 0.3 is 17.9 Å². The Morgan fingerprint density at radius 2 is 0.761 bits per heavy atom. The van der Waals surface area contributed by atoms with Gasteiger partial charge in [-0.15, -0.1) is 0 Å². The Balaban J connectivity index is 4.06. The van der Waals surface area contributed by atoms with Gasteiger partial charge in [0.1, 0.15) is 13.2 Å². The first-order valence-electron chi connectivity index (χ1n) is 28.9. The molecule has 0 aromatic rings. The first-order valence-corrected chi connectivity index (χ1v) is 28.9. The van der Waals surface area contributed by atoms with Gasteiger partial charge in [0.2, 0.25) is 0 Å². The van der Waals surface area contributed by atoms with Crippen LogP contribution in [0.2, 0.25) is 0 Å². The summed E-state index contributed by atoms with van der Waals surface area (Å²) in [5.74, 6) is -2.00. The highest BCUT2D eigenvalue weighted by molar-refractivity contribution is 5.71. The molecule has 396 valence electrons. The number of hydrogen-bond donors (Lipinski definition) is 1. The standard InChI is InChI=1S/C58H111NO8/c1-6-8-10-12-14-16-18-20-21-22-23-24-25-26-27-28-29-30-31-32-33-34-35-37-38-40-42-44-46-48-55(60)65-52-54(53-66-58(57(62)63)64-51-50-59(3,4)5)67-56(61)49-47-45-43-41-39-36-19-17-15-13-11-9-7-2/h17,19,54,58H,6-16,18,20-53H2,1-5H3/p+1/b19-17-. The summed E-state index contributed by atoms with van der Waals surface area (Å²) in [6.45, 7) is 4.89. The van der Waals surface area contributed by atoms with Gasteiger partial charge in [-0.25, -0.2) is 4.79 Å². The molecule has 0 aliphatic rings. The van der Waals surface area contributed by atoms with Crippen LogP contribution in [0.15, 0.2) is 12.2 Å². The molecule has 0 rings (SSSR count). The van der Waals surface area contributed by atoms with Gasteiger partial charge in [-0.2, -0.15) is 0 Å². The highest BCUT2D eigenvalue weighted by Crippen LogP contribution is 2.18. The van der Waals surface area contributed by atoms with E-state index in [1.165, 1.54) is 199 Å². The molecule has 0 aliphatic carbocycles. The number of hydrogen-bond acceptors (Lipinski definition) is 7. The predicted octanol–water partition coefficient (Wildman–Crippen LogP) is 16.6. The third-order valence-corrected chi connectivity index (χ3v) is 13.0. The molecule has 0 aliphatic heterocycles. The molecule has 9 heteroatoms.